The number of amides is 1. The van der Waals surface area contributed by atoms with E-state index in [0.717, 1.165) is 54.0 Å². The lowest BCUT2D eigenvalue weighted by molar-refractivity contribution is 0.0594. The summed E-state index contributed by atoms with van der Waals surface area (Å²) in [5.41, 5.74) is 3.83. The van der Waals surface area contributed by atoms with Crippen molar-refractivity contribution in [2.75, 3.05) is 25.6 Å². The maximum absolute atomic E-state index is 12.9. The van der Waals surface area contributed by atoms with Gasteiger partial charge in [0.1, 0.15) is 11.4 Å². The third-order valence-electron chi connectivity index (χ3n) is 5.98. The summed E-state index contributed by atoms with van der Waals surface area (Å²) >= 11 is 0. The predicted molar refractivity (Wildman–Crippen MR) is 138 cm³/mol. The fraction of sp³-hybridized carbons (Fsp3) is 0.500. The van der Waals surface area contributed by atoms with Gasteiger partial charge in [-0.05, 0) is 38.3 Å². The van der Waals surface area contributed by atoms with Gasteiger partial charge in [0.2, 0.25) is 0 Å². The SMILES string of the molecule is CC.CCc1nc2c(cnn2CC)c(NC2CCOCC2)c1CNC(=O)c1cccc(C(=O)OC)n1. The molecule has 0 radical (unpaired) electrons. The van der Waals surface area contributed by atoms with Crippen LogP contribution in [0.15, 0.2) is 24.4 Å². The van der Waals surface area contributed by atoms with Crippen LogP contribution in [-0.4, -0.2) is 58.0 Å². The molecule has 1 fully saturated rings. The Balaban J connectivity index is 0.00000176. The number of hydrogen-bond acceptors (Lipinski definition) is 8. The molecular formula is C26H36N6O4. The second-order valence-electron chi connectivity index (χ2n) is 8.08. The van der Waals surface area contributed by atoms with E-state index in [1.165, 1.54) is 13.2 Å². The molecule has 1 aliphatic heterocycles. The third kappa shape index (κ3) is 5.99. The quantitative estimate of drug-likeness (QED) is 0.453. The number of nitrogens with one attached hydrogen (secondary N) is 2. The molecule has 3 aromatic heterocycles. The maximum atomic E-state index is 12.9. The van der Waals surface area contributed by atoms with Crippen molar-refractivity contribution in [1.82, 2.24) is 25.1 Å². The maximum Gasteiger partial charge on any atom is 0.356 e. The van der Waals surface area contributed by atoms with E-state index in [1.807, 2.05) is 38.6 Å². The Morgan fingerprint density at radius 3 is 2.53 bits per heavy atom. The van der Waals surface area contributed by atoms with Crippen molar-refractivity contribution < 1.29 is 19.1 Å². The summed E-state index contributed by atoms with van der Waals surface area (Å²) in [6.45, 7) is 10.5. The Morgan fingerprint density at radius 2 is 1.86 bits per heavy atom. The largest absolute Gasteiger partial charge is 0.464 e. The Kier molecular flexibility index (Phi) is 9.75. The second-order valence-corrected chi connectivity index (χ2v) is 8.08. The molecule has 1 saturated heterocycles. The number of rotatable bonds is 8. The first-order valence-electron chi connectivity index (χ1n) is 12.6. The topological polar surface area (TPSA) is 120 Å². The van der Waals surface area contributed by atoms with E-state index < -0.39 is 5.97 Å². The number of methoxy groups -OCH3 is 1. The van der Waals surface area contributed by atoms with E-state index in [2.05, 4.69) is 20.7 Å². The van der Waals surface area contributed by atoms with Crippen LogP contribution in [0.4, 0.5) is 5.69 Å². The number of carbonyl (C=O) groups excluding carboxylic acids is 2. The molecule has 0 bridgehead atoms. The third-order valence-corrected chi connectivity index (χ3v) is 5.98. The number of esters is 1. The van der Waals surface area contributed by atoms with Gasteiger partial charge in [0.15, 0.2) is 5.65 Å². The second kappa shape index (κ2) is 13.0. The van der Waals surface area contributed by atoms with Crippen molar-refractivity contribution in [3.63, 3.8) is 0 Å². The van der Waals surface area contributed by atoms with Crippen LogP contribution in [0.2, 0.25) is 0 Å². The van der Waals surface area contributed by atoms with Crippen LogP contribution in [0.3, 0.4) is 0 Å². The summed E-state index contributed by atoms with van der Waals surface area (Å²) in [6, 6.07) is 4.95. The van der Waals surface area contributed by atoms with Crippen molar-refractivity contribution >= 4 is 28.6 Å². The van der Waals surface area contributed by atoms with Gasteiger partial charge in [0, 0.05) is 43.6 Å². The van der Waals surface area contributed by atoms with Gasteiger partial charge in [0.05, 0.1) is 24.4 Å². The Bertz CT molecular complexity index is 1190. The highest BCUT2D eigenvalue weighted by molar-refractivity contribution is 5.95. The first-order valence-corrected chi connectivity index (χ1v) is 12.6. The molecule has 4 rings (SSSR count). The molecule has 3 aromatic rings. The zero-order chi connectivity index (χ0) is 26.1. The van der Waals surface area contributed by atoms with Crippen LogP contribution in [0, 0.1) is 0 Å². The van der Waals surface area contributed by atoms with Gasteiger partial charge in [-0.2, -0.15) is 5.10 Å². The van der Waals surface area contributed by atoms with E-state index >= 15 is 0 Å². The van der Waals surface area contributed by atoms with E-state index in [0.29, 0.717) is 13.0 Å². The summed E-state index contributed by atoms with van der Waals surface area (Å²) in [5, 5.41) is 12.1. The molecule has 2 N–H and O–H groups in total. The lowest BCUT2D eigenvalue weighted by Gasteiger charge is -2.26. The van der Waals surface area contributed by atoms with Crippen LogP contribution < -0.4 is 10.6 Å². The standard InChI is InChI=1S/C24H30N6O4.C2H6/c1-4-18-16(13-25-23(31)19-7-6-8-20(28-19)24(32)33-3)21(27-15-9-11-34-12-10-15)17-14-26-30(5-2)22(17)29-18;1-2/h6-8,14-15H,4-5,9-13H2,1-3H3,(H,25,31)(H,27,29);1-2H3. The molecule has 4 heterocycles. The van der Waals surface area contributed by atoms with Gasteiger partial charge in [-0.15, -0.1) is 0 Å². The lowest BCUT2D eigenvalue weighted by Crippen LogP contribution is -2.30. The lowest BCUT2D eigenvalue weighted by atomic mass is 10.0. The van der Waals surface area contributed by atoms with Crippen LogP contribution >= 0.6 is 0 Å². The smallest absolute Gasteiger partial charge is 0.356 e. The van der Waals surface area contributed by atoms with Crippen molar-refractivity contribution in [3.8, 4) is 0 Å². The van der Waals surface area contributed by atoms with Gasteiger partial charge in [0.25, 0.3) is 5.91 Å². The molecule has 10 nitrogen and oxygen atoms in total. The number of aromatic nitrogens is 4. The molecule has 1 amide bonds. The van der Waals surface area contributed by atoms with Crippen LogP contribution in [0.25, 0.3) is 11.0 Å². The van der Waals surface area contributed by atoms with Gasteiger partial charge in [-0.3, -0.25) is 4.79 Å². The summed E-state index contributed by atoms with van der Waals surface area (Å²) in [6.07, 6.45) is 4.35. The minimum absolute atomic E-state index is 0.0846. The fourth-order valence-corrected chi connectivity index (χ4v) is 4.14. The first-order chi connectivity index (χ1) is 17.5. The number of carbonyl (C=O) groups is 2. The van der Waals surface area contributed by atoms with Gasteiger partial charge in [-0.25, -0.2) is 19.4 Å². The van der Waals surface area contributed by atoms with Crippen molar-refractivity contribution in [2.45, 2.75) is 66.1 Å². The average molecular weight is 497 g/mol. The average Bonchev–Trinajstić information content (AvgIpc) is 3.36. The number of anilines is 1. The molecule has 1 aliphatic rings. The van der Waals surface area contributed by atoms with Crippen molar-refractivity contribution in [1.29, 1.82) is 0 Å². The number of aryl methyl sites for hydroxylation is 2. The number of hydrogen-bond donors (Lipinski definition) is 2. The summed E-state index contributed by atoms with van der Waals surface area (Å²) < 4.78 is 12.1. The Morgan fingerprint density at radius 1 is 1.14 bits per heavy atom. The Labute approximate surface area is 211 Å². The molecule has 0 aliphatic carbocycles. The molecule has 0 aromatic carbocycles. The zero-order valence-electron chi connectivity index (χ0n) is 21.8. The number of fused-ring (bicyclic) bond motifs is 1. The normalized spacial score (nSPS) is 13.6. The van der Waals surface area contributed by atoms with E-state index in [4.69, 9.17) is 14.5 Å². The molecule has 36 heavy (non-hydrogen) atoms. The van der Waals surface area contributed by atoms with Crippen LogP contribution in [0.1, 0.15) is 72.8 Å². The van der Waals surface area contributed by atoms with Crippen molar-refractivity contribution in [3.05, 3.63) is 47.0 Å². The molecule has 0 saturated carbocycles. The van der Waals surface area contributed by atoms with E-state index in [9.17, 15) is 9.59 Å². The van der Waals surface area contributed by atoms with Crippen LogP contribution in [-0.2, 0) is 29.0 Å². The van der Waals surface area contributed by atoms with Gasteiger partial charge in [-0.1, -0.05) is 26.8 Å². The minimum atomic E-state index is -0.589. The molecular weight excluding hydrogens is 460 g/mol. The fourth-order valence-electron chi connectivity index (χ4n) is 4.14. The summed E-state index contributed by atoms with van der Waals surface area (Å²) in [7, 11) is 1.28. The summed E-state index contributed by atoms with van der Waals surface area (Å²) in [4.78, 5) is 33.7. The molecule has 0 atom stereocenters. The van der Waals surface area contributed by atoms with Gasteiger partial charge >= 0.3 is 5.97 Å². The highest BCUT2D eigenvalue weighted by Crippen LogP contribution is 2.31. The minimum Gasteiger partial charge on any atom is -0.464 e. The number of ether oxygens (including phenoxy) is 2. The highest BCUT2D eigenvalue weighted by atomic mass is 16.5. The van der Waals surface area contributed by atoms with E-state index in [1.54, 1.807) is 12.1 Å². The van der Waals surface area contributed by atoms with Crippen LogP contribution in [0.5, 0.6) is 0 Å². The number of nitrogens with zero attached hydrogens (tertiary/aromatic N) is 4. The first kappa shape index (κ1) is 27.1. The molecule has 194 valence electrons. The summed E-state index contributed by atoms with van der Waals surface area (Å²) in [5.74, 6) is -0.970. The number of pyridine rings is 2. The highest BCUT2D eigenvalue weighted by Gasteiger charge is 2.22. The Hall–Kier alpha value is -3.53. The van der Waals surface area contributed by atoms with Crippen molar-refractivity contribution in [2.24, 2.45) is 0 Å². The predicted octanol–water partition coefficient (Wildman–Crippen LogP) is 3.74. The molecule has 0 unspecified atom stereocenters. The molecule has 0 spiro atoms. The molecule has 10 heteroatoms. The monoisotopic (exact) mass is 496 g/mol. The van der Waals surface area contributed by atoms with Gasteiger partial charge < -0.3 is 20.1 Å². The van der Waals surface area contributed by atoms with E-state index in [-0.39, 0.29) is 29.9 Å². The zero-order valence-corrected chi connectivity index (χ0v) is 21.8.